The Balaban J connectivity index is 2.25. The predicted molar refractivity (Wildman–Crippen MR) is 76.3 cm³/mol. The summed E-state index contributed by atoms with van der Waals surface area (Å²) in [5.74, 6) is 1.26. The summed E-state index contributed by atoms with van der Waals surface area (Å²) in [6, 6.07) is 6.00. The van der Waals surface area contributed by atoms with E-state index in [2.05, 4.69) is 41.2 Å². The number of hydrogen-bond donors (Lipinski definition) is 1. The zero-order valence-electron chi connectivity index (χ0n) is 10.7. The van der Waals surface area contributed by atoms with Gasteiger partial charge < -0.3 is 10.1 Å². The van der Waals surface area contributed by atoms with Gasteiger partial charge in [0.1, 0.15) is 5.75 Å². The number of nitrogens with one attached hydrogen (secondary N) is 1. The second-order valence-electron chi connectivity index (χ2n) is 4.57. The monoisotopic (exact) mass is 311 g/mol. The number of carbonyl (C=O) groups excluding carboxylic acids is 1. The largest absolute Gasteiger partial charge is 0.482 e. The van der Waals surface area contributed by atoms with Crippen LogP contribution in [0.3, 0.4) is 0 Å². The number of amides is 1. The van der Waals surface area contributed by atoms with Crippen molar-refractivity contribution in [3.05, 3.63) is 23.8 Å². The molecule has 0 fully saturated rings. The van der Waals surface area contributed by atoms with E-state index in [4.69, 9.17) is 4.74 Å². The van der Waals surface area contributed by atoms with Crippen LogP contribution in [0.1, 0.15) is 37.1 Å². The van der Waals surface area contributed by atoms with E-state index in [1.165, 1.54) is 5.56 Å². The predicted octanol–water partition coefficient (Wildman–Crippen LogP) is 3.89. The number of ether oxygens (including phenoxy) is 1. The first-order valence-electron chi connectivity index (χ1n) is 6.36. The van der Waals surface area contributed by atoms with Gasteiger partial charge in [0.25, 0.3) is 5.91 Å². The highest BCUT2D eigenvalue weighted by Gasteiger charge is 2.21. The molecule has 1 aliphatic rings. The first kappa shape index (κ1) is 13.4. The first-order chi connectivity index (χ1) is 8.65. The first-order valence-corrected chi connectivity index (χ1v) is 7.28. The summed E-state index contributed by atoms with van der Waals surface area (Å²) in [5.41, 5.74) is 1.97. The molecule has 4 heteroatoms. The zero-order valence-corrected chi connectivity index (χ0v) is 12.3. The molecule has 1 atom stereocenters. The molecule has 98 valence electrons. The zero-order chi connectivity index (χ0) is 13.1. The van der Waals surface area contributed by atoms with Gasteiger partial charge in [-0.15, -0.1) is 0 Å². The van der Waals surface area contributed by atoms with Crippen LogP contribution in [0.4, 0.5) is 5.69 Å². The van der Waals surface area contributed by atoms with Crippen LogP contribution in [-0.4, -0.2) is 12.5 Å². The van der Waals surface area contributed by atoms with Crippen LogP contribution >= 0.6 is 15.9 Å². The Hall–Kier alpha value is -1.03. The molecule has 0 saturated heterocycles. The molecular weight excluding hydrogens is 294 g/mol. The van der Waals surface area contributed by atoms with Crippen molar-refractivity contribution in [1.82, 2.24) is 0 Å². The molecule has 1 aromatic carbocycles. The lowest BCUT2D eigenvalue weighted by molar-refractivity contribution is -0.118. The molecule has 0 aliphatic carbocycles. The number of fused-ring (bicyclic) bond motifs is 1. The van der Waals surface area contributed by atoms with Crippen molar-refractivity contribution in [3.63, 3.8) is 0 Å². The van der Waals surface area contributed by atoms with E-state index in [9.17, 15) is 4.79 Å². The highest BCUT2D eigenvalue weighted by atomic mass is 79.9. The van der Waals surface area contributed by atoms with Gasteiger partial charge in [-0.25, -0.2) is 0 Å². The fourth-order valence-electron chi connectivity index (χ4n) is 2.25. The molecular formula is C14H18BrNO2. The normalized spacial score (nSPS) is 15.9. The number of carbonyl (C=O) groups is 1. The van der Waals surface area contributed by atoms with Gasteiger partial charge >= 0.3 is 0 Å². The smallest absolute Gasteiger partial charge is 0.262 e. The van der Waals surface area contributed by atoms with Crippen molar-refractivity contribution >= 4 is 27.5 Å². The summed E-state index contributed by atoms with van der Waals surface area (Å²) in [5, 5.41) is 2.85. The molecule has 1 heterocycles. The number of rotatable bonds is 4. The summed E-state index contributed by atoms with van der Waals surface area (Å²) < 4.78 is 5.36. The number of anilines is 1. The van der Waals surface area contributed by atoms with Crippen molar-refractivity contribution in [2.24, 2.45) is 5.92 Å². The van der Waals surface area contributed by atoms with E-state index in [-0.39, 0.29) is 12.5 Å². The van der Waals surface area contributed by atoms with Crippen LogP contribution in [-0.2, 0) is 4.79 Å². The Morgan fingerprint density at radius 3 is 2.78 bits per heavy atom. The Morgan fingerprint density at radius 1 is 1.39 bits per heavy atom. The number of benzene rings is 1. The fraction of sp³-hybridized carbons (Fsp3) is 0.500. The third-order valence-electron chi connectivity index (χ3n) is 3.42. The third-order valence-corrected chi connectivity index (χ3v) is 4.69. The molecule has 3 nitrogen and oxygen atoms in total. The molecule has 1 aliphatic heterocycles. The lowest BCUT2D eigenvalue weighted by atomic mass is 9.94. The van der Waals surface area contributed by atoms with Crippen LogP contribution < -0.4 is 10.1 Å². The van der Waals surface area contributed by atoms with Crippen LogP contribution in [0.25, 0.3) is 0 Å². The Morgan fingerprint density at radius 2 is 2.11 bits per heavy atom. The van der Waals surface area contributed by atoms with E-state index in [0.717, 1.165) is 24.3 Å². The standard InChI is InChI=1S/C14H18BrNO2/c1-3-9(4-2)14(15)10-5-6-12-11(7-10)16-13(17)8-18-12/h5-7,9,14H,3-4,8H2,1-2H3,(H,16,17). The molecule has 1 aromatic rings. The van der Waals surface area contributed by atoms with E-state index in [1.807, 2.05) is 12.1 Å². The molecule has 0 bridgehead atoms. The highest BCUT2D eigenvalue weighted by Crippen LogP contribution is 2.38. The maximum Gasteiger partial charge on any atom is 0.262 e. The van der Waals surface area contributed by atoms with E-state index in [0.29, 0.717) is 10.7 Å². The summed E-state index contributed by atoms with van der Waals surface area (Å²) in [6.45, 7) is 4.51. The molecule has 18 heavy (non-hydrogen) atoms. The maximum atomic E-state index is 11.3. The average Bonchev–Trinajstić information content (AvgIpc) is 2.39. The van der Waals surface area contributed by atoms with Crippen molar-refractivity contribution in [1.29, 1.82) is 0 Å². The number of halogens is 1. The van der Waals surface area contributed by atoms with Crippen LogP contribution in [0, 0.1) is 5.92 Å². The molecule has 1 N–H and O–H groups in total. The topological polar surface area (TPSA) is 38.3 Å². The Bertz CT molecular complexity index is 443. The minimum absolute atomic E-state index is 0.0895. The minimum atomic E-state index is -0.0895. The maximum absolute atomic E-state index is 11.3. The quantitative estimate of drug-likeness (QED) is 0.857. The fourth-order valence-corrected chi connectivity index (χ4v) is 3.28. The minimum Gasteiger partial charge on any atom is -0.482 e. The van der Waals surface area contributed by atoms with E-state index in [1.54, 1.807) is 0 Å². The second kappa shape index (κ2) is 5.74. The number of alkyl halides is 1. The van der Waals surface area contributed by atoms with Crippen molar-refractivity contribution in [3.8, 4) is 5.75 Å². The molecule has 0 saturated carbocycles. The lowest BCUT2D eigenvalue weighted by Gasteiger charge is -2.23. The second-order valence-corrected chi connectivity index (χ2v) is 5.56. The van der Waals surface area contributed by atoms with Crippen LogP contribution in [0.2, 0.25) is 0 Å². The van der Waals surface area contributed by atoms with Gasteiger partial charge in [-0.3, -0.25) is 4.79 Å². The Kier molecular flexibility index (Phi) is 4.27. The number of hydrogen-bond acceptors (Lipinski definition) is 2. The molecule has 0 spiro atoms. The van der Waals surface area contributed by atoms with Gasteiger partial charge in [-0.1, -0.05) is 48.7 Å². The molecule has 1 amide bonds. The van der Waals surface area contributed by atoms with Gasteiger partial charge in [-0.05, 0) is 23.6 Å². The summed E-state index contributed by atoms with van der Waals surface area (Å²) in [7, 11) is 0. The highest BCUT2D eigenvalue weighted by molar-refractivity contribution is 9.09. The van der Waals surface area contributed by atoms with Gasteiger partial charge in [0.15, 0.2) is 6.61 Å². The summed E-state index contributed by atoms with van der Waals surface area (Å²) in [4.78, 5) is 11.6. The van der Waals surface area contributed by atoms with Crippen LogP contribution in [0.5, 0.6) is 5.75 Å². The van der Waals surface area contributed by atoms with Gasteiger partial charge in [0.2, 0.25) is 0 Å². The third kappa shape index (κ3) is 2.69. The van der Waals surface area contributed by atoms with Gasteiger partial charge in [-0.2, -0.15) is 0 Å². The summed E-state index contributed by atoms with van der Waals surface area (Å²) >= 11 is 3.76. The molecule has 1 unspecified atom stereocenters. The van der Waals surface area contributed by atoms with Gasteiger partial charge in [0.05, 0.1) is 5.69 Å². The molecule has 0 radical (unpaired) electrons. The lowest BCUT2D eigenvalue weighted by Crippen LogP contribution is -2.25. The van der Waals surface area contributed by atoms with E-state index >= 15 is 0 Å². The average molecular weight is 312 g/mol. The SMILES string of the molecule is CCC(CC)C(Br)c1ccc2c(c1)NC(=O)CO2. The summed E-state index contributed by atoms with van der Waals surface area (Å²) in [6.07, 6.45) is 2.26. The van der Waals surface area contributed by atoms with Gasteiger partial charge in [0, 0.05) is 4.83 Å². The van der Waals surface area contributed by atoms with Crippen molar-refractivity contribution in [2.45, 2.75) is 31.5 Å². The molecule has 0 aromatic heterocycles. The van der Waals surface area contributed by atoms with Crippen LogP contribution in [0.15, 0.2) is 18.2 Å². The van der Waals surface area contributed by atoms with Crippen molar-refractivity contribution in [2.75, 3.05) is 11.9 Å². The van der Waals surface area contributed by atoms with E-state index < -0.39 is 0 Å². The Labute approximate surface area is 116 Å². The molecule has 2 rings (SSSR count). The van der Waals surface area contributed by atoms with Crippen molar-refractivity contribution < 1.29 is 9.53 Å².